The number of carboxylic acids is 1. The van der Waals surface area contributed by atoms with Crippen molar-refractivity contribution in [2.24, 2.45) is 0 Å². The lowest BCUT2D eigenvalue weighted by Gasteiger charge is -2.44. The molecule has 3 aromatic carbocycles. The topological polar surface area (TPSA) is 134 Å². The smallest absolute Gasteiger partial charge is 0.303 e. The molecule has 1 aliphatic heterocycles. The molecule has 2 aromatic heterocycles. The third-order valence-corrected chi connectivity index (χ3v) is 9.34. The number of rotatable bonds is 8. The van der Waals surface area contributed by atoms with E-state index in [1.165, 1.54) is 24.4 Å². The highest BCUT2D eigenvalue weighted by Gasteiger charge is 2.45. The van der Waals surface area contributed by atoms with E-state index in [2.05, 4.69) is 9.97 Å². The third kappa shape index (κ3) is 5.38. The molecule has 240 valence electrons. The van der Waals surface area contributed by atoms with Gasteiger partial charge in [0.05, 0.1) is 16.8 Å². The van der Waals surface area contributed by atoms with Crippen LogP contribution in [-0.4, -0.2) is 46.3 Å². The van der Waals surface area contributed by atoms with Crippen molar-refractivity contribution in [3.8, 4) is 28.6 Å². The van der Waals surface area contributed by atoms with Gasteiger partial charge in [-0.1, -0.05) is 18.2 Å². The first-order valence-corrected chi connectivity index (χ1v) is 16.2. The lowest BCUT2D eigenvalue weighted by Crippen LogP contribution is -2.44. The van der Waals surface area contributed by atoms with Crippen LogP contribution in [0.3, 0.4) is 0 Å². The van der Waals surface area contributed by atoms with Gasteiger partial charge in [-0.3, -0.25) is 4.79 Å². The van der Waals surface area contributed by atoms with Crippen molar-refractivity contribution < 1.29 is 41.0 Å². The number of hydrogen-bond acceptors (Lipinski definition) is 6. The van der Waals surface area contributed by atoms with Crippen LogP contribution < -0.4 is 9.47 Å². The zero-order valence-electron chi connectivity index (χ0n) is 25.3. The maximum absolute atomic E-state index is 15.3. The SMILES string of the molecule is CC1(C)C[C@](C)(c2c[nH]c(-c3cc(Oc4c(F)c(F)c5[nH]ccc5c4S(C)(=O)=O)ccc3F)n2)c2cccc(CCC(=O)O)c2O1. The number of ether oxygens (including phenoxy) is 2. The molecule has 3 heterocycles. The van der Waals surface area contributed by atoms with Crippen molar-refractivity contribution in [2.45, 2.75) is 55.9 Å². The number of benzene rings is 3. The fourth-order valence-corrected chi connectivity index (χ4v) is 7.34. The first kappa shape index (κ1) is 31.2. The van der Waals surface area contributed by atoms with Gasteiger partial charge in [-0.25, -0.2) is 22.2 Å². The highest BCUT2D eigenvalue weighted by Crippen LogP contribution is 2.50. The largest absolute Gasteiger partial charge is 0.487 e. The average Bonchev–Trinajstić information content (AvgIpc) is 3.65. The number of carbonyl (C=O) groups is 1. The van der Waals surface area contributed by atoms with Crippen LogP contribution in [0.1, 0.15) is 50.4 Å². The molecule has 0 fully saturated rings. The van der Waals surface area contributed by atoms with Gasteiger partial charge in [-0.2, -0.15) is 4.39 Å². The molecular formula is C33H30F3N3O6S. The van der Waals surface area contributed by atoms with Crippen molar-refractivity contribution in [2.75, 3.05) is 6.26 Å². The second-order valence-corrected chi connectivity index (χ2v) is 14.2. The maximum atomic E-state index is 15.3. The predicted molar refractivity (Wildman–Crippen MR) is 164 cm³/mol. The Balaban J connectivity index is 1.41. The minimum absolute atomic E-state index is 0.0568. The summed E-state index contributed by atoms with van der Waals surface area (Å²) < 4.78 is 82.7. The summed E-state index contributed by atoms with van der Waals surface area (Å²) in [6.45, 7) is 5.83. The number of imidazole rings is 1. The molecule has 13 heteroatoms. The first-order valence-electron chi connectivity index (χ1n) is 14.3. The van der Waals surface area contributed by atoms with Crippen LogP contribution in [0.5, 0.6) is 17.2 Å². The summed E-state index contributed by atoms with van der Waals surface area (Å²) in [5.41, 5.74) is 0.346. The van der Waals surface area contributed by atoms with E-state index in [0.29, 0.717) is 17.9 Å². The monoisotopic (exact) mass is 653 g/mol. The van der Waals surface area contributed by atoms with E-state index in [9.17, 15) is 22.7 Å². The summed E-state index contributed by atoms with van der Waals surface area (Å²) >= 11 is 0. The molecule has 3 N–H and O–H groups in total. The summed E-state index contributed by atoms with van der Waals surface area (Å²) in [4.78, 5) is 21.0. The minimum Gasteiger partial charge on any atom is -0.487 e. The van der Waals surface area contributed by atoms with Gasteiger partial charge in [-0.05, 0) is 57.0 Å². The number of sulfone groups is 1. The van der Waals surface area contributed by atoms with Crippen LogP contribution in [0.4, 0.5) is 13.2 Å². The van der Waals surface area contributed by atoms with Crippen molar-refractivity contribution in [3.05, 3.63) is 89.1 Å². The normalized spacial score (nSPS) is 17.5. The summed E-state index contributed by atoms with van der Waals surface area (Å²) in [5.74, 6) is -4.76. The zero-order valence-corrected chi connectivity index (χ0v) is 26.1. The number of para-hydroxylation sites is 1. The second-order valence-electron chi connectivity index (χ2n) is 12.3. The number of aromatic amines is 2. The summed E-state index contributed by atoms with van der Waals surface area (Å²) in [7, 11) is -4.10. The highest BCUT2D eigenvalue weighted by atomic mass is 32.2. The van der Waals surface area contributed by atoms with Crippen LogP contribution >= 0.6 is 0 Å². The Morgan fingerprint density at radius 1 is 1.09 bits per heavy atom. The van der Waals surface area contributed by atoms with Gasteiger partial charge in [-0.15, -0.1) is 0 Å². The van der Waals surface area contributed by atoms with Gasteiger partial charge in [0.1, 0.15) is 33.6 Å². The molecule has 0 amide bonds. The Bertz CT molecular complexity index is 2140. The van der Waals surface area contributed by atoms with E-state index in [4.69, 9.17) is 14.5 Å². The molecule has 0 saturated heterocycles. The molecule has 46 heavy (non-hydrogen) atoms. The van der Waals surface area contributed by atoms with Crippen molar-refractivity contribution in [1.29, 1.82) is 0 Å². The first-order chi connectivity index (χ1) is 21.6. The molecule has 0 saturated carbocycles. The Morgan fingerprint density at radius 3 is 2.57 bits per heavy atom. The van der Waals surface area contributed by atoms with Crippen molar-refractivity contribution in [3.63, 3.8) is 0 Å². The van der Waals surface area contributed by atoms with Crippen LogP contribution in [0.2, 0.25) is 0 Å². The van der Waals surface area contributed by atoms with Crippen molar-refractivity contribution in [1.82, 2.24) is 15.0 Å². The van der Waals surface area contributed by atoms with Crippen LogP contribution in [0.15, 0.2) is 59.8 Å². The third-order valence-electron chi connectivity index (χ3n) is 8.19. The number of aryl methyl sites for hydroxylation is 1. The molecule has 1 atom stereocenters. The van der Waals surface area contributed by atoms with Gasteiger partial charge < -0.3 is 24.5 Å². The highest BCUT2D eigenvalue weighted by molar-refractivity contribution is 7.91. The zero-order chi connectivity index (χ0) is 33.2. The summed E-state index contributed by atoms with van der Waals surface area (Å²) in [6, 6.07) is 10.3. The maximum Gasteiger partial charge on any atom is 0.303 e. The van der Waals surface area contributed by atoms with Gasteiger partial charge in [0.25, 0.3) is 0 Å². The lowest BCUT2D eigenvalue weighted by molar-refractivity contribution is -0.136. The Hall–Kier alpha value is -4.78. The van der Waals surface area contributed by atoms with Crippen LogP contribution in [-0.2, 0) is 26.5 Å². The van der Waals surface area contributed by atoms with E-state index in [-0.39, 0.29) is 40.9 Å². The molecule has 0 radical (unpaired) electrons. The number of aliphatic carboxylic acids is 1. The molecule has 6 rings (SSSR count). The average molecular weight is 654 g/mol. The number of halogens is 3. The fourth-order valence-electron chi connectivity index (χ4n) is 6.31. The number of aromatic nitrogens is 3. The number of hydrogen-bond donors (Lipinski definition) is 3. The molecule has 0 spiro atoms. The number of carboxylic acid groups (broad SMARTS) is 1. The molecule has 1 aliphatic rings. The van der Waals surface area contributed by atoms with Crippen LogP contribution in [0, 0.1) is 17.5 Å². The van der Waals surface area contributed by atoms with Gasteiger partial charge >= 0.3 is 5.97 Å². The second kappa shape index (κ2) is 10.9. The number of H-pyrrole nitrogens is 2. The van der Waals surface area contributed by atoms with Gasteiger partial charge in [0.2, 0.25) is 5.82 Å². The number of fused-ring (bicyclic) bond motifs is 2. The van der Waals surface area contributed by atoms with Gasteiger partial charge in [0.15, 0.2) is 21.4 Å². The van der Waals surface area contributed by atoms with E-state index in [1.807, 2.05) is 39.0 Å². The quantitative estimate of drug-likeness (QED) is 0.153. The predicted octanol–water partition coefficient (Wildman–Crippen LogP) is 7.06. The number of nitrogens with one attached hydrogen (secondary N) is 2. The molecular weight excluding hydrogens is 623 g/mol. The van der Waals surface area contributed by atoms with Gasteiger partial charge in [0, 0.05) is 47.9 Å². The molecule has 0 unspecified atom stereocenters. The Morgan fingerprint density at radius 2 is 1.85 bits per heavy atom. The molecule has 0 bridgehead atoms. The standard InChI is InChI=1S/C33H30F3N3O6S/c1-32(2)16-33(3,21-7-5-6-17(28(21)45-32)8-11-24(40)41)23-15-38-31(39-23)20-14-18(9-10-22(20)34)44-29-26(36)25(35)27-19(12-13-37-27)30(29)46(4,42)43/h5-7,9-10,12-15,37H,8,11,16H2,1-4H3,(H,38,39)(H,40,41)/t33-/m0/s1. The number of nitrogens with zero attached hydrogens (tertiary/aromatic N) is 1. The van der Waals surface area contributed by atoms with E-state index in [0.717, 1.165) is 23.4 Å². The summed E-state index contributed by atoms with van der Waals surface area (Å²) in [5, 5.41) is 9.16. The Labute approximate surface area is 262 Å². The molecule has 9 nitrogen and oxygen atoms in total. The van der Waals surface area contributed by atoms with Crippen molar-refractivity contribution >= 4 is 26.7 Å². The fraction of sp³-hybridized carbons (Fsp3) is 0.273. The van der Waals surface area contributed by atoms with E-state index in [1.54, 1.807) is 6.20 Å². The molecule has 5 aromatic rings. The molecule has 0 aliphatic carbocycles. The lowest BCUT2D eigenvalue weighted by atomic mass is 9.69. The van der Waals surface area contributed by atoms with Crippen LogP contribution in [0.25, 0.3) is 22.3 Å². The van der Waals surface area contributed by atoms with E-state index >= 15 is 8.78 Å². The van der Waals surface area contributed by atoms with E-state index < -0.39 is 54.9 Å². The Kier molecular flexibility index (Phi) is 7.42. The summed E-state index contributed by atoms with van der Waals surface area (Å²) in [6.07, 6.45) is 4.48. The minimum atomic E-state index is -4.10.